The predicted octanol–water partition coefficient (Wildman–Crippen LogP) is 5.73. The zero-order valence-electron chi connectivity index (χ0n) is 18.0. The van der Waals surface area contributed by atoms with Crippen LogP contribution in [0.2, 0.25) is 0 Å². The summed E-state index contributed by atoms with van der Waals surface area (Å²) in [6.45, 7) is 7.19. The van der Waals surface area contributed by atoms with Gasteiger partial charge in [0.25, 0.3) is 0 Å². The van der Waals surface area contributed by atoms with E-state index >= 15 is 0 Å². The molecule has 1 saturated heterocycles. The van der Waals surface area contributed by atoms with Gasteiger partial charge >= 0.3 is 0 Å². The van der Waals surface area contributed by atoms with Crippen LogP contribution < -0.4 is 0 Å². The molecule has 5 heteroatoms. The molecule has 0 aromatic heterocycles. The Morgan fingerprint density at radius 1 is 1.10 bits per heavy atom. The summed E-state index contributed by atoms with van der Waals surface area (Å²) >= 11 is 0. The first-order valence-electron chi connectivity index (χ1n) is 10.7. The molecule has 3 nitrogen and oxygen atoms in total. The van der Waals surface area contributed by atoms with Crippen molar-refractivity contribution in [2.75, 3.05) is 13.2 Å². The second-order valence-corrected chi connectivity index (χ2v) is 8.78. The van der Waals surface area contributed by atoms with Gasteiger partial charge in [-0.25, -0.2) is 8.78 Å². The molecule has 1 fully saturated rings. The van der Waals surface area contributed by atoms with Gasteiger partial charge in [0.1, 0.15) is 11.6 Å². The largest absolute Gasteiger partial charge is 0.396 e. The van der Waals surface area contributed by atoms with Crippen molar-refractivity contribution in [3.63, 3.8) is 0 Å². The Kier molecular flexibility index (Phi) is 6.91. The highest BCUT2D eigenvalue weighted by atomic mass is 19.1. The maximum absolute atomic E-state index is 14.1. The quantitative estimate of drug-likeness (QED) is 0.627. The van der Waals surface area contributed by atoms with Crippen molar-refractivity contribution in [2.45, 2.75) is 52.5 Å². The molecule has 1 aliphatic rings. The first-order chi connectivity index (χ1) is 14.3. The van der Waals surface area contributed by atoms with Crippen LogP contribution in [0.3, 0.4) is 0 Å². The molecule has 0 saturated carbocycles. The van der Waals surface area contributed by atoms with Crippen LogP contribution >= 0.6 is 0 Å². The van der Waals surface area contributed by atoms with Gasteiger partial charge in [0, 0.05) is 31.2 Å². The normalized spacial score (nSPS) is 20.6. The van der Waals surface area contributed by atoms with Gasteiger partial charge in [-0.2, -0.15) is 0 Å². The van der Waals surface area contributed by atoms with E-state index in [0.29, 0.717) is 30.0 Å². The number of aliphatic hydroxyl groups is 1. The Morgan fingerprint density at radius 2 is 1.80 bits per heavy atom. The van der Waals surface area contributed by atoms with Crippen molar-refractivity contribution >= 4 is 5.91 Å². The van der Waals surface area contributed by atoms with Gasteiger partial charge in [-0.1, -0.05) is 38.1 Å². The van der Waals surface area contributed by atoms with Crippen LogP contribution in [-0.2, 0) is 4.79 Å². The Bertz CT molecular complexity index is 881. The lowest BCUT2D eigenvalue weighted by molar-refractivity contribution is -0.143. The molecule has 1 unspecified atom stereocenters. The standard InChI is InChI=1S/C25H31F2NO2/c1-17(2)25(11-4-14-29)12-13-28(24(30)16-25)18(3)19-5-7-20(8-6-19)22-10-9-21(26)15-23(22)27/h5-10,15,17-18,29H,4,11-14,16H2,1-3H3/t18-,25?/m0/s1. The van der Waals surface area contributed by atoms with Crippen molar-refractivity contribution in [2.24, 2.45) is 11.3 Å². The first kappa shape index (κ1) is 22.4. The summed E-state index contributed by atoms with van der Waals surface area (Å²) in [5.74, 6) is -0.652. The summed E-state index contributed by atoms with van der Waals surface area (Å²) in [6.07, 6.45) is 3.03. The number of benzene rings is 2. The molecule has 0 radical (unpaired) electrons. The molecular formula is C25H31F2NO2. The van der Waals surface area contributed by atoms with Gasteiger partial charge in [-0.05, 0) is 60.8 Å². The average molecular weight is 416 g/mol. The van der Waals surface area contributed by atoms with Crippen molar-refractivity contribution in [1.82, 2.24) is 4.90 Å². The Morgan fingerprint density at radius 3 is 2.37 bits per heavy atom. The van der Waals surface area contributed by atoms with Crippen LogP contribution in [0.4, 0.5) is 8.78 Å². The van der Waals surface area contributed by atoms with E-state index in [-0.39, 0.29) is 24.0 Å². The zero-order valence-corrected chi connectivity index (χ0v) is 18.0. The topological polar surface area (TPSA) is 40.5 Å². The molecule has 3 rings (SSSR count). The SMILES string of the molecule is CC(C)C1(CCCO)CCN([C@@H](C)c2ccc(-c3ccc(F)cc3F)cc2)C(=O)C1. The molecule has 0 aliphatic carbocycles. The van der Waals surface area contributed by atoms with Crippen LogP contribution in [-0.4, -0.2) is 29.1 Å². The lowest BCUT2D eigenvalue weighted by Crippen LogP contribution is -2.47. The van der Waals surface area contributed by atoms with Crippen LogP contribution in [0.1, 0.15) is 58.1 Å². The highest BCUT2D eigenvalue weighted by Crippen LogP contribution is 2.44. The molecule has 0 bridgehead atoms. The van der Waals surface area contributed by atoms with E-state index in [1.54, 1.807) is 0 Å². The van der Waals surface area contributed by atoms with Crippen LogP contribution in [0.15, 0.2) is 42.5 Å². The van der Waals surface area contributed by atoms with Crippen LogP contribution in [0, 0.1) is 23.0 Å². The molecule has 0 spiro atoms. The van der Waals surface area contributed by atoms with Crippen molar-refractivity contribution < 1.29 is 18.7 Å². The van der Waals surface area contributed by atoms with Gasteiger partial charge in [0.2, 0.25) is 5.91 Å². The summed E-state index contributed by atoms with van der Waals surface area (Å²) in [4.78, 5) is 15.0. The first-order valence-corrected chi connectivity index (χ1v) is 10.7. The summed E-state index contributed by atoms with van der Waals surface area (Å²) in [7, 11) is 0. The second-order valence-electron chi connectivity index (χ2n) is 8.78. The predicted molar refractivity (Wildman–Crippen MR) is 115 cm³/mol. The minimum atomic E-state index is -0.596. The van der Waals surface area contributed by atoms with Crippen LogP contribution in [0.25, 0.3) is 11.1 Å². The Balaban J connectivity index is 1.74. The number of rotatable bonds is 7. The van der Waals surface area contributed by atoms with E-state index in [9.17, 15) is 18.7 Å². The fraction of sp³-hybridized carbons (Fsp3) is 0.480. The van der Waals surface area contributed by atoms with Crippen molar-refractivity contribution in [3.8, 4) is 11.1 Å². The zero-order chi connectivity index (χ0) is 21.9. The maximum Gasteiger partial charge on any atom is 0.223 e. The molecule has 1 heterocycles. The van der Waals surface area contributed by atoms with E-state index < -0.39 is 11.6 Å². The molecule has 2 aromatic rings. The number of hydrogen-bond donors (Lipinski definition) is 1. The number of carbonyl (C=O) groups is 1. The summed E-state index contributed by atoms with van der Waals surface area (Å²) in [6, 6.07) is 10.9. The van der Waals surface area contributed by atoms with E-state index in [1.807, 2.05) is 36.1 Å². The number of amides is 1. The number of aliphatic hydroxyl groups excluding tert-OH is 1. The van der Waals surface area contributed by atoms with Crippen molar-refractivity contribution in [1.29, 1.82) is 0 Å². The Hall–Kier alpha value is -2.27. The van der Waals surface area contributed by atoms with E-state index in [0.717, 1.165) is 30.9 Å². The molecule has 2 atom stereocenters. The number of nitrogens with zero attached hydrogens (tertiary/aromatic N) is 1. The summed E-state index contributed by atoms with van der Waals surface area (Å²) in [5.41, 5.74) is 1.98. The summed E-state index contributed by atoms with van der Waals surface area (Å²) < 4.78 is 27.2. The number of likely N-dealkylation sites (tertiary alicyclic amines) is 1. The fourth-order valence-electron chi connectivity index (χ4n) is 4.64. The number of piperidine rings is 1. The lowest BCUT2D eigenvalue weighted by Gasteiger charge is -2.46. The van der Waals surface area contributed by atoms with Gasteiger partial charge in [-0.15, -0.1) is 0 Å². The number of carbonyl (C=O) groups excluding carboxylic acids is 1. The molecule has 1 N–H and O–H groups in total. The molecule has 1 aliphatic heterocycles. The number of hydrogen-bond acceptors (Lipinski definition) is 2. The summed E-state index contributed by atoms with van der Waals surface area (Å²) in [5, 5.41) is 9.25. The number of halogens is 2. The second kappa shape index (κ2) is 9.25. The van der Waals surface area contributed by atoms with E-state index in [2.05, 4.69) is 13.8 Å². The third-order valence-electron chi connectivity index (χ3n) is 6.83. The molecule has 30 heavy (non-hydrogen) atoms. The highest BCUT2D eigenvalue weighted by Gasteiger charge is 2.41. The smallest absolute Gasteiger partial charge is 0.223 e. The molecule has 1 amide bonds. The van der Waals surface area contributed by atoms with E-state index in [1.165, 1.54) is 12.1 Å². The van der Waals surface area contributed by atoms with E-state index in [4.69, 9.17) is 0 Å². The van der Waals surface area contributed by atoms with Crippen LogP contribution in [0.5, 0.6) is 0 Å². The highest BCUT2D eigenvalue weighted by molar-refractivity contribution is 5.78. The molecular weight excluding hydrogens is 384 g/mol. The minimum absolute atomic E-state index is 0.0417. The van der Waals surface area contributed by atoms with Gasteiger partial charge in [-0.3, -0.25) is 4.79 Å². The van der Waals surface area contributed by atoms with Gasteiger partial charge in [0.15, 0.2) is 0 Å². The maximum atomic E-state index is 14.1. The van der Waals surface area contributed by atoms with Gasteiger partial charge in [0.05, 0.1) is 6.04 Å². The lowest BCUT2D eigenvalue weighted by atomic mass is 9.67. The molecule has 162 valence electrons. The average Bonchev–Trinajstić information content (AvgIpc) is 2.72. The van der Waals surface area contributed by atoms with Crippen molar-refractivity contribution in [3.05, 3.63) is 59.7 Å². The Labute approximate surface area is 177 Å². The minimum Gasteiger partial charge on any atom is -0.396 e. The monoisotopic (exact) mass is 415 g/mol. The fourth-order valence-corrected chi connectivity index (χ4v) is 4.64. The third kappa shape index (κ3) is 4.56. The third-order valence-corrected chi connectivity index (χ3v) is 6.83. The molecule has 2 aromatic carbocycles. The van der Waals surface area contributed by atoms with Gasteiger partial charge < -0.3 is 10.0 Å².